The van der Waals surface area contributed by atoms with Crippen LogP contribution in [0.25, 0.3) is 0 Å². The number of hydrogen-bond acceptors (Lipinski definition) is 2. The van der Waals surface area contributed by atoms with E-state index in [1.807, 2.05) is 6.07 Å². The van der Waals surface area contributed by atoms with Crippen molar-refractivity contribution in [2.45, 2.75) is 39.3 Å². The average Bonchev–Trinajstić information content (AvgIpc) is 2.30. The van der Waals surface area contributed by atoms with E-state index in [0.717, 1.165) is 18.4 Å². The molecule has 1 rings (SSSR count). The minimum absolute atomic E-state index is 0.187. The average molecular weight is 238 g/mol. The molecular formula is C14H19FO2. The van der Waals surface area contributed by atoms with Crippen LogP contribution in [0.2, 0.25) is 0 Å². The van der Waals surface area contributed by atoms with Crippen LogP contribution in [-0.4, -0.2) is 12.6 Å². The van der Waals surface area contributed by atoms with Crippen molar-refractivity contribution >= 4 is 5.97 Å². The van der Waals surface area contributed by atoms with Gasteiger partial charge in [0.1, 0.15) is 0 Å². The Labute approximate surface area is 102 Å². The lowest BCUT2D eigenvalue weighted by Crippen LogP contribution is -2.29. The Bertz CT molecular complexity index is 386. The molecule has 0 heterocycles. The van der Waals surface area contributed by atoms with Gasteiger partial charge in [0.15, 0.2) is 0 Å². The van der Waals surface area contributed by atoms with Gasteiger partial charge in [0.25, 0.3) is 0 Å². The summed E-state index contributed by atoms with van der Waals surface area (Å²) in [6.45, 7) is 5.16. The molecule has 0 saturated heterocycles. The highest BCUT2D eigenvalue weighted by Gasteiger charge is 2.36. The van der Waals surface area contributed by atoms with E-state index in [1.54, 1.807) is 25.1 Å². The SMILES string of the molecule is CCCc1cccc(C(C)(F)C(=O)OCC)c1. The van der Waals surface area contributed by atoms with Gasteiger partial charge in [0.2, 0.25) is 5.67 Å². The monoisotopic (exact) mass is 238 g/mol. The van der Waals surface area contributed by atoms with Crippen LogP contribution in [0.4, 0.5) is 4.39 Å². The van der Waals surface area contributed by atoms with Crippen LogP contribution in [0.3, 0.4) is 0 Å². The van der Waals surface area contributed by atoms with Gasteiger partial charge in [-0.25, -0.2) is 9.18 Å². The maximum Gasteiger partial charge on any atom is 0.348 e. The molecule has 1 unspecified atom stereocenters. The normalized spacial score (nSPS) is 14.1. The zero-order valence-electron chi connectivity index (χ0n) is 10.6. The van der Waals surface area contributed by atoms with Crippen LogP contribution in [0, 0.1) is 0 Å². The van der Waals surface area contributed by atoms with Crippen molar-refractivity contribution in [3.05, 3.63) is 35.4 Å². The number of ether oxygens (including phenoxy) is 1. The van der Waals surface area contributed by atoms with E-state index >= 15 is 0 Å². The van der Waals surface area contributed by atoms with E-state index in [9.17, 15) is 9.18 Å². The predicted octanol–water partition coefficient (Wildman–Crippen LogP) is 3.39. The number of carbonyl (C=O) groups excluding carboxylic acids is 1. The molecule has 0 bridgehead atoms. The summed E-state index contributed by atoms with van der Waals surface area (Å²) in [5, 5.41) is 0. The van der Waals surface area contributed by atoms with Gasteiger partial charge in [0, 0.05) is 5.56 Å². The first-order valence-electron chi connectivity index (χ1n) is 5.98. The van der Waals surface area contributed by atoms with Crippen LogP contribution in [0.5, 0.6) is 0 Å². The van der Waals surface area contributed by atoms with Gasteiger partial charge in [0.05, 0.1) is 6.61 Å². The van der Waals surface area contributed by atoms with Crippen LogP contribution >= 0.6 is 0 Å². The summed E-state index contributed by atoms with van der Waals surface area (Å²) in [7, 11) is 0. The van der Waals surface area contributed by atoms with E-state index in [4.69, 9.17) is 4.74 Å². The second-order valence-corrected chi connectivity index (χ2v) is 4.17. The maximum absolute atomic E-state index is 14.3. The van der Waals surface area contributed by atoms with Crippen molar-refractivity contribution in [3.63, 3.8) is 0 Å². The van der Waals surface area contributed by atoms with E-state index in [2.05, 4.69) is 6.92 Å². The fraction of sp³-hybridized carbons (Fsp3) is 0.500. The highest BCUT2D eigenvalue weighted by Crippen LogP contribution is 2.28. The van der Waals surface area contributed by atoms with Crippen molar-refractivity contribution in [2.75, 3.05) is 6.61 Å². The topological polar surface area (TPSA) is 26.3 Å². The second-order valence-electron chi connectivity index (χ2n) is 4.17. The quantitative estimate of drug-likeness (QED) is 0.735. The molecule has 17 heavy (non-hydrogen) atoms. The minimum atomic E-state index is -2.07. The largest absolute Gasteiger partial charge is 0.463 e. The maximum atomic E-state index is 14.3. The Morgan fingerprint density at radius 2 is 2.12 bits per heavy atom. The number of aryl methyl sites for hydroxylation is 1. The summed E-state index contributed by atoms with van der Waals surface area (Å²) >= 11 is 0. The molecule has 2 nitrogen and oxygen atoms in total. The second kappa shape index (κ2) is 5.80. The lowest BCUT2D eigenvalue weighted by Gasteiger charge is -2.19. The van der Waals surface area contributed by atoms with Gasteiger partial charge >= 0.3 is 5.97 Å². The Morgan fingerprint density at radius 3 is 2.71 bits per heavy atom. The zero-order chi connectivity index (χ0) is 12.9. The summed E-state index contributed by atoms with van der Waals surface area (Å²) in [4.78, 5) is 11.5. The Hall–Kier alpha value is -1.38. The Morgan fingerprint density at radius 1 is 1.41 bits per heavy atom. The van der Waals surface area contributed by atoms with E-state index < -0.39 is 11.6 Å². The first-order chi connectivity index (χ1) is 8.02. The molecule has 1 aromatic carbocycles. The molecule has 0 amide bonds. The highest BCUT2D eigenvalue weighted by molar-refractivity contribution is 5.80. The van der Waals surface area contributed by atoms with Gasteiger partial charge in [-0.05, 0) is 25.8 Å². The number of hydrogen-bond donors (Lipinski definition) is 0. The highest BCUT2D eigenvalue weighted by atomic mass is 19.1. The minimum Gasteiger partial charge on any atom is -0.463 e. The smallest absolute Gasteiger partial charge is 0.348 e. The predicted molar refractivity (Wildman–Crippen MR) is 65.5 cm³/mol. The fourth-order valence-electron chi connectivity index (χ4n) is 1.69. The molecule has 0 aliphatic rings. The first-order valence-corrected chi connectivity index (χ1v) is 5.98. The molecule has 0 saturated carbocycles. The van der Waals surface area contributed by atoms with Gasteiger partial charge < -0.3 is 4.74 Å². The summed E-state index contributed by atoms with van der Waals surface area (Å²) in [5.74, 6) is -0.825. The van der Waals surface area contributed by atoms with E-state index in [-0.39, 0.29) is 6.61 Å². The molecule has 0 spiro atoms. The third kappa shape index (κ3) is 3.29. The molecule has 1 aromatic rings. The summed E-state index contributed by atoms with van der Waals surface area (Å²) in [6, 6.07) is 7.07. The third-order valence-corrected chi connectivity index (χ3v) is 2.67. The van der Waals surface area contributed by atoms with Gasteiger partial charge in [-0.1, -0.05) is 37.6 Å². The standard InChI is InChI=1S/C14H19FO2/c1-4-7-11-8-6-9-12(10-11)14(3,15)13(16)17-5-2/h6,8-10H,4-5,7H2,1-3H3. The van der Waals surface area contributed by atoms with Crippen molar-refractivity contribution in [1.29, 1.82) is 0 Å². The Kier molecular flexibility index (Phi) is 4.67. The number of alkyl halides is 1. The van der Waals surface area contributed by atoms with Gasteiger partial charge in [-0.15, -0.1) is 0 Å². The zero-order valence-corrected chi connectivity index (χ0v) is 10.6. The number of benzene rings is 1. The summed E-state index contributed by atoms with van der Waals surface area (Å²) < 4.78 is 19.1. The lowest BCUT2D eigenvalue weighted by atomic mass is 9.95. The first kappa shape index (κ1) is 13.7. The van der Waals surface area contributed by atoms with Crippen LogP contribution in [-0.2, 0) is 21.6 Å². The van der Waals surface area contributed by atoms with Crippen LogP contribution in [0.1, 0.15) is 38.3 Å². The van der Waals surface area contributed by atoms with Gasteiger partial charge in [-0.2, -0.15) is 0 Å². The molecule has 94 valence electrons. The third-order valence-electron chi connectivity index (χ3n) is 2.67. The van der Waals surface area contributed by atoms with Gasteiger partial charge in [-0.3, -0.25) is 0 Å². The molecule has 0 aliphatic heterocycles. The molecule has 3 heteroatoms. The van der Waals surface area contributed by atoms with Crippen molar-refractivity contribution in [1.82, 2.24) is 0 Å². The molecular weight excluding hydrogens is 219 g/mol. The van der Waals surface area contributed by atoms with Crippen LogP contribution in [0.15, 0.2) is 24.3 Å². The number of carbonyl (C=O) groups is 1. The summed E-state index contributed by atoms with van der Waals surface area (Å²) in [6.07, 6.45) is 1.87. The molecule has 0 N–H and O–H groups in total. The molecule has 0 radical (unpaired) electrons. The fourth-order valence-corrected chi connectivity index (χ4v) is 1.69. The molecule has 1 atom stereocenters. The number of esters is 1. The van der Waals surface area contributed by atoms with Crippen molar-refractivity contribution in [3.8, 4) is 0 Å². The summed E-state index contributed by atoms with van der Waals surface area (Å²) in [5.41, 5.74) is -0.667. The number of rotatable bonds is 5. The van der Waals surface area contributed by atoms with E-state index in [1.165, 1.54) is 6.92 Å². The molecule has 0 aromatic heterocycles. The molecule has 0 aliphatic carbocycles. The lowest BCUT2D eigenvalue weighted by molar-refractivity contribution is -0.156. The Balaban J connectivity index is 2.97. The molecule has 0 fully saturated rings. The number of halogens is 1. The van der Waals surface area contributed by atoms with Crippen molar-refractivity contribution < 1.29 is 13.9 Å². The van der Waals surface area contributed by atoms with Crippen molar-refractivity contribution in [2.24, 2.45) is 0 Å². The van der Waals surface area contributed by atoms with E-state index in [0.29, 0.717) is 5.56 Å². The van der Waals surface area contributed by atoms with Crippen LogP contribution < -0.4 is 0 Å².